The maximum Gasteiger partial charge on any atom is 0.233 e. The van der Waals surface area contributed by atoms with Crippen molar-refractivity contribution in [2.45, 2.75) is 24.5 Å². The topological polar surface area (TPSA) is 42.0 Å². The van der Waals surface area contributed by atoms with E-state index in [9.17, 15) is 4.79 Å². The summed E-state index contributed by atoms with van der Waals surface area (Å²) < 4.78 is 0. The third-order valence-corrected chi connectivity index (χ3v) is 6.75. The predicted molar refractivity (Wildman–Crippen MR) is 109 cm³/mol. The lowest BCUT2D eigenvalue weighted by Gasteiger charge is -2.12. The Labute approximate surface area is 164 Å². The van der Waals surface area contributed by atoms with Crippen LogP contribution in [0.5, 0.6) is 0 Å². The van der Waals surface area contributed by atoms with Gasteiger partial charge in [-0.25, -0.2) is 4.98 Å². The summed E-state index contributed by atoms with van der Waals surface area (Å²) in [6.07, 6.45) is 0. The summed E-state index contributed by atoms with van der Waals surface area (Å²) in [5.74, 6) is 0.736. The maximum atomic E-state index is 12.2. The SMILES string of the molecule is CC(SCc1csc(-c2ccsc2)n1)C(=O)NCc1ccccc1Cl. The largest absolute Gasteiger partial charge is 0.351 e. The molecular weight excluding hydrogens is 392 g/mol. The average molecular weight is 409 g/mol. The molecule has 0 aliphatic rings. The Morgan fingerprint density at radius 3 is 2.92 bits per heavy atom. The quantitative estimate of drug-likeness (QED) is 0.564. The Hall–Kier alpha value is -1.34. The van der Waals surface area contributed by atoms with Crippen molar-refractivity contribution in [2.24, 2.45) is 0 Å². The molecule has 7 heteroatoms. The average Bonchev–Trinajstić information content (AvgIpc) is 3.29. The van der Waals surface area contributed by atoms with Crippen molar-refractivity contribution in [1.82, 2.24) is 10.3 Å². The highest BCUT2D eigenvalue weighted by Crippen LogP contribution is 2.28. The van der Waals surface area contributed by atoms with Gasteiger partial charge in [-0.15, -0.1) is 23.1 Å². The number of hydrogen-bond acceptors (Lipinski definition) is 5. The smallest absolute Gasteiger partial charge is 0.233 e. The first-order valence-electron chi connectivity index (χ1n) is 7.73. The number of nitrogens with one attached hydrogen (secondary N) is 1. The van der Waals surface area contributed by atoms with E-state index in [1.165, 1.54) is 0 Å². The summed E-state index contributed by atoms with van der Waals surface area (Å²) >= 11 is 11.0. The minimum atomic E-state index is -0.145. The van der Waals surface area contributed by atoms with Crippen LogP contribution in [-0.4, -0.2) is 16.1 Å². The van der Waals surface area contributed by atoms with E-state index in [4.69, 9.17) is 11.6 Å². The van der Waals surface area contributed by atoms with Gasteiger partial charge in [-0.3, -0.25) is 4.79 Å². The molecule has 2 aromatic heterocycles. The fourth-order valence-electron chi connectivity index (χ4n) is 2.15. The van der Waals surface area contributed by atoms with Crippen molar-refractivity contribution in [3.05, 3.63) is 62.8 Å². The second kappa shape index (κ2) is 8.85. The Kier molecular flexibility index (Phi) is 6.53. The monoisotopic (exact) mass is 408 g/mol. The Bertz CT molecular complexity index is 832. The third-order valence-electron chi connectivity index (χ3n) is 3.58. The lowest BCUT2D eigenvalue weighted by molar-refractivity contribution is -0.120. The summed E-state index contributed by atoms with van der Waals surface area (Å²) in [6.45, 7) is 2.36. The lowest BCUT2D eigenvalue weighted by atomic mass is 10.2. The highest BCUT2D eigenvalue weighted by Gasteiger charge is 2.15. The van der Waals surface area contributed by atoms with Crippen molar-refractivity contribution in [2.75, 3.05) is 0 Å². The molecule has 1 unspecified atom stereocenters. The minimum absolute atomic E-state index is 0.0122. The van der Waals surface area contributed by atoms with Gasteiger partial charge in [0.05, 0.1) is 10.9 Å². The van der Waals surface area contributed by atoms with Gasteiger partial charge in [0, 0.05) is 33.6 Å². The summed E-state index contributed by atoms with van der Waals surface area (Å²) in [5, 5.41) is 10.7. The molecule has 0 saturated heterocycles. The number of nitrogens with zero attached hydrogens (tertiary/aromatic N) is 1. The Balaban J connectivity index is 1.48. The first-order chi connectivity index (χ1) is 12.1. The van der Waals surface area contributed by atoms with E-state index in [0.717, 1.165) is 27.6 Å². The van der Waals surface area contributed by atoms with Crippen LogP contribution in [0.1, 0.15) is 18.2 Å². The fourth-order valence-corrected chi connectivity index (χ4v) is 4.79. The number of thioether (sulfide) groups is 1. The molecule has 130 valence electrons. The standard InChI is InChI=1S/C18H17ClN2OS3/c1-12(17(22)20-8-13-4-2-3-5-16(13)19)24-10-15-11-25-18(21-15)14-6-7-23-9-14/h2-7,9,11-12H,8,10H2,1H3,(H,20,22). The van der Waals surface area contributed by atoms with Gasteiger partial charge in [0.1, 0.15) is 5.01 Å². The number of benzene rings is 1. The normalized spacial score (nSPS) is 12.1. The minimum Gasteiger partial charge on any atom is -0.351 e. The van der Waals surface area contributed by atoms with Gasteiger partial charge < -0.3 is 5.32 Å². The third kappa shape index (κ3) is 5.07. The zero-order valence-corrected chi connectivity index (χ0v) is 16.8. The van der Waals surface area contributed by atoms with Gasteiger partial charge in [-0.1, -0.05) is 29.8 Å². The number of rotatable bonds is 7. The van der Waals surface area contributed by atoms with E-state index < -0.39 is 0 Å². The molecule has 0 fully saturated rings. The van der Waals surface area contributed by atoms with Crippen LogP contribution >= 0.6 is 46.0 Å². The van der Waals surface area contributed by atoms with E-state index in [2.05, 4.69) is 32.5 Å². The second-order valence-electron chi connectivity index (χ2n) is 5.42. The molecule has 3 rings (SSSR count). The molecule has 0 radical (unpaired) electrons. The number of thiazole rings is 1. The van der Waals surface area contributed by atoms with Crippen LogP contribution < -0.4 is 5.32 Å². The van der Waals surface area contributed by atoms with Gasteiger partial charge in [-0.2, -0.15) is 11.3 Å². The number of amides is 1. The van der Waals surface area contributed by atoms with Gasteiger partial charge >= 0.3 is 0 Å². The first-order valence-corrected chi connectivity index (χ1v) is 11.0. The van der Waals surface area contributed by atoms with E-state index in [0.29, 0.717) is 11.6 Å². The summed E-state index contributed by atoms with van der Waals surface area (Å²) in [7, 11) is 0. The Morgan fingerprint density at radius 2 is 2.16 bits per heavy atom. The number of hydrogen-bond donors (Lipinski definition) is 1. The van der Waals surface area contributed by atoms with E-state index in [-0.39, 0.29) is 11.2 Å². The summed E-state index contributed by atoms with van der Waals surface area (Å²) in [6, 6.07) is 9.62. The summed E-state index contributed by atoms with van der Waals surface area (Å²) in [4.78, 5) is 16.9. The van der Waals surface area contributed by atoms with Crippen molar-refractivity contribution < 1.29 is 4.79 Å². The molecule has 0 bridgehead atoms. The molecule has 1 N–H and O–H groups in total. The molecule has 0 saturated carbocycles. The zero-order chi connectivity index (χ0) is 17.6. The molecule has 2 heterocycles. The molecule has 0 spiro atoms. The van der Waals surface area contributed by atoms with Crippen LogP contribution in [-0.2, 0) is 17.1 Å². The molecule has 3 aromatic rings. The van der Waals surface area contributed by atoms with Crippen molar-refractivity contribution >= 4 is 51.9 Å². The number of halogens is 1. The van der Waals surface area contributed by atoms with E-state index in [1.807, 2.05) is 31.2 Å². The molecule has 0 aliphatic heterocycles. The number of aromatic nitrogens is 1. The van der Waals surface area contributed by atoms with E-state index in [1.54, 1.807) is 34.4 Å². The molecule has 25 heavy (non-hydrogen) atoms. The molecule has 1 atom stereocenters. The highest BCUT2D eigenvalue weighted by molar-refractivity contribution is 7.99. The van der Waals surface area contributed by atoms with Crippen LogP contribution in [0.3, 0.4) is 0 Å². The number of carbonyl (C=O) groups excluding carboxylic acids is 1. The number of carbonyl (C=O) groups is 1. The number of thiophene rings is 1. The van der Waals surface area contributed by atoms with Gasteiger partial charge in [0.25, 0.3) is 0 Å². The molecular formula is C18H17ClN2OS3. The second-order valence-corrected chi connectivity index (χ2v) is 8.79. The molecule has 3 nitrogen and oxygen atoms in total. The van der Waals surface area contributed by atoms with Crippen LogP contribution in [0.15, 0.2) is 46.5 Å². The lowest BCUT2D eigenvalue weighted by Crippen LogP contribution is -2.30. The maximum absolute atomic E-state index is 12.2. The van der Waals surface area contributed by atoms with E-state index >= 15 is 0 Å². The van der Waals surface area contributed by atoms with Gasteiger partial charge in [-0.05, 0) is 30.0 Å². The van der Waals surface area contributed by atoms with Crippen molar-refractivity contribution in [3.8, 4) is 10.6 Å². The van der Waals surface area contributed by atoms with Gasteiger partial charge in [0.15, 0.2) is 0 Å². The molecule has 1 aromatic carbocycles. The van der Waals surface area contributed by atoms with Crippen molar-refractivity contribution in [3.63, 3.8) is 0 Å². The van der Waals surface area contributed by atoms with Gasteiger partial charge in [0.2, 0.25) is 5.91 Å². The first kappa shape index (κ1) is 18.5. The van der Waals surface area contributed by atoms with Crippen LogP contribution in [0.2, 0.25) is 5.02 Å². The summed E-state index contributed by atoms with van der Waals surface area (Å²) in [5.41, 5.74) is 3.10. The Morgan fingerprint density at radius 1 is 1.32 bits per heavy atom. The molecule has 1 amide bonds. The zero-order valence-electron chi connectivity index (χ0n) is 13.6. The van der Waals surface area contributed by atoms with Crippen LogP contribution in [0, 0.1) is 0 Å². The van der Waals surface area contributed by atoms with Crippen LogP contribution in [0.25, 0.3) is 10.6 Å². The highest BCUT2D eigenvalue weighted by atomic mass is 35.5. The van der Waals surface area contributed by atoms with Crippen LogP contribution in [0.4, 0.5) is 0 Å². The molecule has 0 aliphatic carbocycles. The van der Waals surface area contributed by atoms with Crippen molar-refractivity contribution in [1.29, 1.82) is 0 Å². The fraction of sp³-hybridized carbons (Fsp3) is 0.222. The predicted octanol–water partition coefficient (Wildman–Crippen LogP) is 5.46.